The topological polar surface area (TPSA) is 37.8 Å². The molecule has 0 saturated carbocycles. The highest BCUT2D eigenvalue weighted by Gasteiger charge is 2.22. The van der Waals surface area contributed by atoms with Crippen molar-refractivity contribution in [3.05, 3.63) is 70.5 Å². The quantitative estimate of drug-likeness (QED) is 0.741. The third-order valence-electron chi connectivity index (χ3n) is 3.53. The van der Waals surface area contributed by atoms with Gasteiger partial charge in [-0.25, -0.2) is 4.68 Å². The molecule has 4 heteroatoms. The van der Waals surface area contributed by atoms with E-state index in [4.69, 9.17) is 0 Å². The lowest BCUT2D eigenvalue weighted by atomic mass is 10.1. The molecule has 0 fully saturated rings. The maximum absolute atomic E-state index is 12.5. The standard InChI is InChI=1S/C16H12N2OS/c19-16-13-10-20-14-9-5-4-8-12(14)15(13)17-18(16)11-6-2-1-3-7-11/h1-9,17H,10H2. The average molecular weight is 280 g/mol. The van der Waals surface area contributed by atoms with Gasteiger partial charge in [-0.3, -0.25) is 9.89 Å². The zero-order valence-electron chi connectivity index (χ0n) is 10.7. The second-order valence-corrected chi connectivity index (χ2v) is 5.74. The molecule has 1 aliphatic rings. The van der Waals surface area contributed by atoms with E-state index in [0.29, 0.717) is 0 Å². The van der Waals surface area contributed by atoms with Crippen molar-refractivity contribution < 1.29 is 0 Å². The van der Waals surface area contributed by atoms with E-state index in [2.05, 4.69) is 17.2 Å². The van der Waals surface area contributed by atoms with Crippen LogP contribution >= 0.6 is 11.8 Å². The van der Waals surface area contributed by atoms with E-state index in [1.165, 1.54) is 4.90 Å². The van der Waals surface area contributed by atoms with E-state index in [1.807, 2.05) is 42.5 Å². The summed E-state index contributed by atoms with van der Waals surface area (Å²) in [5.41, 5.74) is 3.85. The lowest BCUT2D eigenvalue weighted by Crippen LogP contribution is -2.17. The number of aromatic amines is 1. The van der Waals surface area contributed by atoms with Crippen molar-refractivity contribution in [2.24, 2.45) is 0 Å². The summed E-state index contributed by atoms with van der Waals surface area (Å²) in [6.45, 7) is 0. The summed E-state index contributed by atoms with van der Waals surface area (Å²) in [4.78, 5) is 13.8. The Morgan fingerprint density at radius 1 is 1.00 bits per heavy atom. The Morgan fingerprint density at radius 2 is 1.75 bits per heavy atom. The molecule has 20 heavy (non-hydrogen) atoms. The van der Waals surface area contributed by atoms with Gasteiger partial charge in [0.1, 0.15) is 0 Å². The molecule has 0 radical (unpaired) electrons. The maximum atomic E-state index is 12.5. The number of fused-ring (bicyclic) bond motifs is 3. The van der Waals surface area contributed by atoms with E-state index in [0.717, 1.165) is 28.3 Å². The summed E-state index contributed by atoms with van der Waals surface area (Å²) in [7, 11) is 0. The third kappa shape index (κ3) is 1.65. The van der Waals surface area contributed by atoms with Crippen molar-refractivity contribution in [1.82, 2.24) is 9.78 Å². The zero-order chi connectivity index (χ0) is 13.5. The predicted molar refractivity (Wildman–Crippen MR) is 81.4 cm³/mol. The summed E-state index contributed by atoms with van der Waals surface area (Å²) in [6, 6.07) is 17.9. The highest BCUT2D eigenvalue weighted by molar-refractivity contribution is 7.98. The molecule has 0 atom stereocenters. The van der Waals surface area contributed by atoms with E-state index >= 15 is 0 Å². The van der Waals surface area contributed by atoms with Gasteiger partial charge in [0, 0.05) is 16.2 Å². The molecule has 0 bridgehead atoms. The molecule has 1 aromatic heterocycles. The van der Waals surface area contributed by atoms with Crippen LogP contribution in [0.2, 0.25) is 0 Å². The monoisotopic (exact) mass is 280 g/mol. The minimum atomic E-state index is 0.0493. The molecule has 3 nitrogen and oxygen atoms in total. The van der Waals surface area contributed by atoms with Gasteiger partial charge in [-0.1, -0.05) is 36.4 Å². The molecular weight excluding hydrogens is 268 g/mol. The highest BCUT2D eigenvalue weighted by Crippen LogP contribution is 2.39. The van der Waals surface area contributed by atoms with E-state index in [9.17, 15) is 4.79 Å². The summed E-state index contributed by atoms with van der Waals surface area (Å²) in [5, 5.41) is 3.27. The van der Waals surface area contributed by atoms with Crippen molar-refractivity contribution in [3.8, 4) is 16.9 Å². The smallest absolute Gasteiger partial charge is 0.275 e. The Morgan fingerprint density at radius 3 is 2.60 bits per heavy atom. The molecule has 0 amide bonds. The Balaban J connectivity index is 1.97. The van der Waals surface area contributed by atoms with Gasteiger partial charge in [0.15, 0.2) is 0 Å². The molecule has 0 saturated heterocycles. The lowest BCUT2D eigenvalue weighted by molar-refractivity contribution is 0.850. The van der Waals surface area contributed by atoms with E-state index in [1.54, 1.807) is 16.4 Å². The number of hydrogen-bond donors (Lipinski definition) is 1. The molecule has 0 unspecified atom stereocenters. The van der Waals surface area contributed by atoms with Gasteiger partial charge in [-0.05, 0) is 18.2 Å². The molecule has 1 aliphatic heterocycles. The summed E-state index contributed by atoms with van der Waals surface area (Å²) in [5.74, 6) is 0.724. The van der Waals surface area contributed by atoms with Crippen LogP contribution in [0.3, 0.4) is 0 Å². The first kappa shape index (κ1) is 11.6. The van der Waals surface area contributed by atoms with Crippen molar-refractivity contribution in [1.29, 1.82) is 0 Å². The fourth-order valence-corrected chi connectivity index (χ4v) is 3.60. The van der Waals surface area contributed by atoms with Crippen LogP contribution in [0.4, 0.5) is 0 Å². The minimum absolute atomic E-state index is 0.0493. The Kier molecular flexibility index (Phi) is 2.57. The second-order valence-electron chi connectivity index (χ2n) is 4.73. The molecule has 0 spiro atoms. The SMILES string of the molecule is O=c1c2c([nH]n1-c1ccccc1)-c1ccccc1SC2. The first-order valence-corrected chi connectivity index (χ1v) is 7.44. The van der Waals surface area contributed by atoms with Crippen LogP contribution in [-0.2, 0) is 5.75 Å². The number of H-pyrrole nitrogens is 1. The van der Waals surface area contributed by atoms with Crippen molar-refractivity contribution in [3.63, 3.8) is 0 Å². The van der Waals surface area contributed by atoms with Gasteiger partial charge >= 0.3 is 0 Å². The number of aromatic nitrogens is 2. The van der Waals surface area contributed by atoms with Crippen molar-refractivity contribution in [2.45, 2.75) is 10.6 Å². The molecule has 1 N–H and O–H groups in total. The number of para-hydroxylation sites is 1. The first-order valence-electron chi connectivity index (χ1n) is 6.46. The summed E-state index contributed by atoms with van der Waals surface area (Å²) in [6.07, 6.45) is 0. The number of nitrogens with zero attached hydrogens (tertiary/aromatic N) is 1. The number of nitrogens with one attached hydrogen (secondary N) is 1. The number of thioether (sulfide) groups is 1. The van der Waals surface area contributed by atoms with Crippen molar-refractivity contribution in [2.75, 3.05) is 0 Å². The molecule has 98 valence electrons. The van der Waals surface area contributed by atoms with Crippen LogP contribution in [0.5, 0.6) is 0 Å². The molecule has 2 heterocycles. The number of benzene rings is 2. The van der Waals surface area contributed by atoms with Crippen LogP contribution in [0, 0.1) is 0 Å². The van der Waals surface area contributed by atoms with Crippen molar-refractivity contribution >= 4 is 11.8 Å². The van der Waals surface area contributed by atoms with Crippen LogP contribution < -0.4 is 5.56 Å². The highest BCUT2D eigenvalue weighted by atomic mass is 32.2. The summed E-state index contributed by atoms with van der Waals surface area (Å²) < 4.78 is 1.63. The predicted octanol–water partition coefficient (Wildman–Crippen LogP) is 3.44. The fourth-order valence-electron chi connectivity index (χ4n) is 2.54. The van der Waals surface area contributed by atoms with Gasteiger partial charge in [0.2, 0.25) is 0 Å². The van der Waals surface area contributed by atoms with E-state index in [-0.39, 0.29) is 5.56 Å². The zero-order valence-corrected chi connectivity index (χ0v) is 11.5. The van der Waals surface area contributed by atoms with Crippen LogP contribution in [-0.4, -0.2) is 9.78 Å². The summed E-state index contributed by atoms with van der Waals surface area (Å²) >= 11 is 1.72. The molecular formula is C16H12N2OS. The first-order chi connectivity index (χ1) is 9.84. The third-order valence-corrected chi connectivity index (χ3v) is 4.63. The second kappa shape index (κ2) is 4.42. The molecule has 4 rings (SSSR count). The molecule has 0 aliphatic carbocycles. The van der Waals surface area contributed by atoms with Crippen LogP contribution in [0.15, 0.2) is 64.3 Å². The Hall–Kier alpha value is -2.20. The van der Waals surface area contributed by atoms with Crippen LogP contribution in [0.25, 0.3) is 16.9 Å². The normalized spacial score (nSPS) is 12.8. The fraction of sp³-hybridized carbons (Fsp3) is 0.0625. The Labute approximate surface area is 120 Å². The maximum Gasteiger partial charge on any atom is 0.275 e. The van der Waals surface area contributed by atoms with Crippen LogP contribution in [0.1, 0.15) is 5.56 Å². The molecule has 3 aromatic rings. The van der Waals surface area contributed by atoms with Gasteiger partial charge in [0.05, 0.1) is 16.9 Å². The van der Waals surface area contributed by atoms with Gasteiger partial charge < -0.3 is 0 Å². The van der Waals surface area contributed by atoms with Gasteiger partial charge in [-0.2, -0.15) is 0 Å². The molecule has 2 aromatic carbocycles. The largest absolute Gasteiger partial charge is 0.290 e. The van der Waals surface area contributed by atoms with Gasteiger partial charge in [0.25, 0.3) is 5.56 Å². The minimum Gasteiger partial charge on any atom is -0.290 e. The average Bonchev–Trinajstić information content (AvgIpc) is 2.86. The van der Waals surface area contributed by atoms with E-state index < -0.39 is 0 Å². The Bertz CT molecular complexity index is 833. The number of hydrogen-bond acceptors (Lipinski definition) is 2. The lowest BCUT2D eigenvalue weighted by Gasteiger charge is -2.13. The number of rotatable bonds is 1. The van der Waals surface area contributed by atoms with Gasteiger partial charge in [-0.15, -0.1) is 11.8 Å².